The topological polar surface area (TPSA) is 130 Å². The van der Waals surface area contributed by atoms with E-state index in [0.717, 1.165) is 24.3 Å². The number of phosphoric acid groups is 1. The van der Waals surface area contributed by atoms with Gasteiger partial charge in [-0.05, 0) is 30.7 Å². The van der Waals surface area contributed by atoms with Gasteiger partial charge < -0.3 is 20.6 Å². The highest BCUT2D eigenvalue weighted by Crippen LogP contribution is 2.37. The highest BCUT2D eigenvalue weighted by molar-refractivity contribution is 7.46. The van der Waals surface area contributed by atoms with Crippen molar-refractivity contribution in [2.24, 2.45) is 11.7 Å². The first kappa shape index (κ1) is 25.2. The summed E-state index contributed by atoms with van der Waals surface area (Å²) in [6.45, 7) is -0.893. The van der Waals surface area contributed by atoms with Crippen molar-refractivity contribution in [2.45, 2.75) is 76.2 Å². The molecule has 7 nitrogen and oxygen atoms in total. The maximum absolute atomic E-state index is 12.4. The number of ketones is 1. The van der Waals surface area contributed by atoms with Crippen molar-refractivity contribution in [1.82, 2.24) is 0 Å². The monoisotopic (exact) mass is 441 g/mol. The summed E-state index contributed by atoms with van der Waals surface area (Å²) in [5, 5.41) is 9.46. The molecule has 170 valence electrons. The fourth-order valence-corrected chi connectivity index (χ4v) is 4.42. The van der Waals surface area contributed by atoms with Crippen LogP contribution in [-0.4, -0.2) is 39.4 Å². The summed E-state index contributed by atoms with van der Waals surface area (Å²) in [5.74, 6) is 1.01. The maximum atomic E-state index is 12.4. The van der Waals surface area contributed by atoms with Gasteiger partial charge in [0.1, 0.15) is 0 Å². The Kier molecular flexibility index (Phi) is 10.1. The highest BCUT2D eigenvalue weighted by atomic mass is 31.2. The van der Waals surface area contributed by atoms with Crippen molar-refractivity contribution in [1.29, 1.82) is 0 Å². The number of rotatable bonds is 13. The average Bonchev–Trinajstić information content (AvgIpc) is 2.74. The van der Waals surface area contributed by atoms with E-state index in [0.29, 0.717) is 18.4 Å². The van der Waals surface area contributed by atoms with Gasteiger partial charge in [0.05, 0.1) is 18.8 Å². The van der Waals surface area contributed by atoms with Crippen molar-refractivity contribution in [3.63, 3.8) is 0 Å². The molecule has 1 aromatic rings. The molecular weight excluding hydrogens is 405 g/mol. The Labute approximate surface area is 179 Å². The number of nitrogens with two attached hydrogens (primary N) is 1. The minimum atomic E-state index is -4.64. The third-order valence-corrected chi connectivity index (χ3v) is 6.48. The molecule has 0 aromatic heterocycles. The number of phosphoric ester groups is 1. The maximum Gasteiger partial charge on any atom is 0.469 e. The van der Waals surface area contributed by atoms with Crippen LogP contribution in [0.3, 0.4) is 0 Å². The van der Waals surface area contributed by atoms with Crippen LogP contribution in [0.4, 0.5) is 0 Å². The number of carbonyl (C=O) groups is 1. The molecule has 1 aliphatic carbocycles. The van der Waals surface area contributed by atoms with E-state index in [1.54, 1.807) is 0 Å². The molecule has 1 aromatic carbocycles. The summed E-state index contributed by atoms with van der Waals surface area (Å²) in [6, 6.07) is 7.33. The standard InChI is InChI=1S/C22H36NO6P/c23-22(16-24,17-29-30(26,27)28)15-14-19-10-12-20(13-11-19)21(25)9-5-4-8-18-6-2-1-3-7-18/h10-13,18,24H,1-9,14-17,23H2,(H2,26,27,28). The molecular formula is C22H36NO6P. The van der Waals surface area contributed by atoms with Gasteiger partial charge in [0.15, 0.2) is 5.78 Å². The summed E-state index contributed by atoms with van der Waals surface area (Å²) >= 11 is 0. The lowest BCUT2D eigenvalue weighted by Crippen LogP contribution is -2.48. The fourth-order valence-electron chi connectivity index (χ4n) is 4.00. The molecule has 1 fully saturated rings. The van der Waals surface area contributed by atoms with Crippen molar-refractivity contribution in [3.8, 4) is 0 Å². The van der Waals surface area contributed by atoms with E-state index in [1.807, 2.05) is 24.3 Å². The molecule has 0 saturated heterocycles. The van der Waals surface area contributed by atoms with Crippen LogP contribution < -0.4 is 5.73 Å². The second-order valence-electron chi connectivity index (χ2n) is 8.65. The lowest BCUT2D eigenvalue weighted by Gasteiger charge is -2.27. The molecule has 30 heavy (non-hydrogen) atoms. The molecule has 0 aliphatic heterocycles. The third-order valence-electron chi connectivity index (χ3n) is 6.01. The summed E-state index contributed by atoms with van der Waals surface area (Å²) in [7, 11) is -4.64. The molecule has 0 bridgehead atoms. The van der Waals surface area contributed by atoms with Gasteiger partial charge in [-0.15, -0.1) is 0 Å². The van der Waals surface area contributed by atoms with E-state index in [-0.39, 0.29) is 12.2 Å². The minimum Gasteiger partial charge on any atom is -0.394 e. The predicted molar refractivity (Wildman–Crippen MR) is 116 cm³/mol. The van der Waals surface area contributed by atoms with Gasteiger partial charge in [0, 0.05) is 12.0 Å². The van der Waals surface area contributed by atoms with E-state index >= 15 is 0 Å². The lowest BCUT2D eigenvalue weighted by molar-refractivity contribution is 0.0977. The van der Waals surface area contributed by atoms with Crippen molar-refractivity contribution in [2.75, 3.05) is 13.2 Å². The number of unbranched alkanes of at least 4 members (excludes halogenated alkanes) is 1. The molecule has 1 aliphatic rings. The Hall–Kier alpha value is -1.08. The quantitative estimate of drug-likeness (QED) is 0.208. The Morgan fingerprint density at radius 2 is 1.80 bits per heavy atom. The van der Waals surface area contributed by atoms with E-state index < -0.39 is 26.6 Å². The number of aliphatic hydroxyl groups is 1. The van der Waals surface area contributed by atoms with E-state index in [1.165, 1.54) is 38.5 Å². The van der Waals surface area contributed by atoms with Crippen LogP contribution in [0.1, 0.15) is 80.1 Å². The number of aryl methyl sites for hydroxylation is 1. The zero-order valence-corrected chi connectivity index (χ0v) is 18.6. The third kappa shape index (κ3) is 9.38. The number of Topliss-reactive ketones (excluding diaryl/α,β-unsaturated/α-hetero) is 1. The van der Waals surface area contributed by atoms with Gasteiger partial charge in [-0.2, -0.15) is 0 Å². The average molecular weight is 442 g/mol. The molecule has 0 amide bonds. The van der Waals surface area contributed by atoms with Crippen LogP contribution in [0.15, 0.2) is 24.3 Å². The van der Waals surface area contributed by atoms with Gasteiger partial charge in [-0.3, -0.25) is 9.32 Å². The first-order chi connectivity index (χ1) is 14.2. The summed E-state index contributed by atoms with van der Waals surface area (Å²) in [6.07, 6.45) is 11.4. The van der Waals surface area contributed by atoms with Crippen LogP contribution in [-0.2, 0) is 15.5 Å². The number of hydrogen-bond acceptors (Lipinski definition) is 5. The number of benzene rings is 1. The van der Waals surface area contributed by atoms with Crippen LogP contribution in [0.5, 0.6) is 0 Å². The highest BCUT2D eigenvalue weighted by Gasteiger charge is 2.28. The first-order valence-electron chi connectivity index (χ1n) is 10.9. The van der Waals surface area contributed by atoms with Gasteiger partial charge in [-0.25, -0.2) is 4.57 Å². The van der Waals surface area contributed by atoms with E-state index in [4.69, 9.17) is 15.5 Å². The number of hydrogen-bond donors (Lipinski definition) is 4. The van der Waals surface area contributed by atoms with Gasteiger partial charge in [-0.1, -0.05) is 69.2 Å². The minimum absolute atomic E-state index is 0.156. The second-order valence-corrected chi connectivity index (χ2v) is 9.89. The summed E-state index contributed by atoms with van der Waals surface area (Å²) in [5.41, 5.74) is 6.37. The van der Waals surface area contributed by atoms with Crippen LogP contribution in [0.25, 0.3) is 0 Å². The second kappa shape index (κ2) is 12.1. The Bertz CT molecular complexity index is 698. The van der Waals surface area contributed by atoms with Crippen molar-refractivity contribution in [3.05, 3.63) is 35.4 Å². The molecule has 5 N–H and O–H groups in total. The summed E-state index contributed by atoms with van der Waals surface area (Å²) < 4.78 is 15.3. The van der Waals surface area contributed by atoms with Gasteiger partial charge >= 0.3 is 7.82 Å². The van der Waals surface area contributed by atoms with Crippen LogP contribution in [0.2, 0.25) is 0 Å². The molecule has 0 heterocycles. The smallest absolute Gasteiger partial charge is 0.394 e. The van der Waals surface area contributed by atoms with E-state index in [9.17, 15) is 14.5 Å². The molecule has 1 atom stereocenters. The largest absolute Gasteiger partial charge is 0.469 e. The Balaban J connectivity index is 1.73. The van der Waals surface area contributed by atoms with Crippen LogP contribution >= 0.6 is 7.82 Å². The number of carbonyl (C=O) groups excluding carboxylic acids is 1. The molecule has 1 saturated carbocycles. The fraction of sp³-hybridized carbons (Fsp3) is 0.682. The SMILES string of the molecule is NC(CO)(CCc1ccc(C(=O)CCCCC2CCCCC2)cc1)COP(=O)(O)O. The first-order valence-corrected chi connectivity index (χ1v) is 12.5. The van der Waals surface area contributed by atoms with E-state index in [2.05, 4.69) is 4.52 Å². The van der Waals surface area contributed by atoms with Crippen molar-refractivity contribution < 1.29 is 28.8 Å². The molecule has 1 unspecified atom stereocenters. The Morgan fingerprint density at radius 3 is 2.40 bits per heavy atom. The predicted octanol–water partition coefficient (Wildman–Crippen LogP) is 3.74. The van der Waals surface area contributed by atoms with Crippen LogP contribution in [0, 0.1) is 5.92 Å². The van der Waals surface area contributed by atoms with Gasteiger partial charge in [0.2, 0.25) is 0 Å². The number of aliphatic hydroxyl groups excluding tert-OH is 1. The summed E-state index contributed by atoms with van der Waals surface area (Å²) in [4.78, 5) is 30.0. The normalized spacial score (nSPS) is 17.6. The zero-order chi connectivity index (χ0) is 22.0. The zero-order valence-electron chi connectivity index (χ0n) is 17.7. The molecule has 2 rings (SSSR count). The molecule has 8 heteroatoms. The lowest BCUT2D eigenvalue weighted by atomic mass is 9.85. The molecule has 0 radical (unpaired) electrons. The molecule has 0 spiro atoms. The Morgan fingerprint density at radius 1 is 1.13 bits per heavy atom. The van der Waals surface area contributed by atoms with Gasteiger partial charge in [0.25, 0.3) is 0 Å². The van der Waals surface area contributed by atoms with Crippen molar-refractivity contribution >= 4 is 13.6 Å².